The first kappa shape index (κ1) is 23.9. The van der Waals surface area contributed by atoms with Gasteiger partial charge in [-0.15, -0.1) is 0 Å². The Hall–Kier alpha value is -3.80. The molecule has 1 amide bonds. The number of benzene rings is 3. The van der Waals surface area contributed by atoms with E-state index in [4.69, 9.17) is 14.2 Å². The summed E-state index contributed by atoms with van der Waals surface area (Å²) in [6.45, 7) is 7.49. The lowest BCUT2D eigenvalue weighted by atomic mass is 10.1. The Morgan fingerprint density at radius 1 is 0.848 bits per heavy atom. The number of hydrogen-bond acceptors (Lipinski definition) is 5. The Morgan fingerprint density at radius 3 is 2.24 bits per heavy atom. The molecule has 6 heteroatoms. The fraction of sp³-hybridized carbons (Fsp3) is 0.259. The number of hydrazone groups is 1. The van der Waals surface area contributed by atoms with Crippen molar-refractivity contribution in [2.24, 2.45) is 5.10 Å². The summed E-state index contributed by atoms with van der Waals surface area (Å²) in [5.74, 6) is 1.89. The lowest BCUT2D eigenvalue weighted by molar-refractivity contribution is -0.120. The van der Waals surface area contributed by atoms with Crippen LogP contribution in [0.15, 0.2) is 71.8 Å². The van der Waals surface area contributed by atoms with E-state index in [9.17, 15) is 4.79 Å². The molecule has 0 aliphatic rings. The summed E-state index contributed by atoms with van der Waals surface area (Å²) >= 11 is 0. The van der Waals surface area contributed by atoms with E-state index in [1.165, 1.54) is 5.56 Å². The van der Waals surface area contributed by atoms with E-state index in [1.807, 2.05) is 68.4 Å². The first-order chi connectivity index (χ1) is 16.1. The molecule has 0 unspecified atom stereocenters. The van der Waals surface area contributed by atoms with Crippen molar-refractivity contribution in [1.82, 2.24) is 5.43 Å². The predicted molar refractivity (Wildman–Crippen MR) is 130 cm³/mol. The number of nitrogens with zero attached hydrogens (tertiary/aromatic N) is 1. The summed E-state index contributed by atoms with van der Waals surface area (Å²) in [4.78, 5) is 12.2. The van der Waals surface area contributed by atoms with Crippen LogP contribution in [0.1, 0.15) is 36.1 Å². The van der Waals surface area contributed by atoms with Gasteiger partial charge in [0.05, 0.1) is 25.8 Å². The number of nitrogens with one attached hydrogen (secondary N) is 1. The molecule has 0 radical (unpaired) electrons. The molecule has 3 aromatic rings. The van der Waals surface area contributed by atoms with Crippen molar-refractivity contribution in [3.8, 4) is 17.2 Å². The van der Waals surface area contributed by atoms with Crippen LogP contribution in [0.2, 0.25) is 0 Å². The maximum absolute atomic E-state index is 12.2. The van der Waals surface area contributed by atoms with Gasteiger partial charge in [0.15, 0.2) is 11.5 Å². The van der Waals surface area contributed by atoms with E-state index in [1.54, 1.807) is 6.21 Å². The topological polar surface area (TPSA) is 69.2 Å². The van der Waals surface area contributed by atoms with Gasteiger partial charge in [-0.05, 0) is 67.8 Å². The zero-order valence-electron chi connectivity index (χ0n) is 19.3. The molecule has 3 rings (SSSR count). The maximum Gasteiger partial charge on any atom is 0.244 e. The molecule has 0 saturated carbocycles. The van der Waals surface area contributed by atoms with E-state index in [2.05, 4.69) is 29.6 Å². The fourth-order valence-corrected chi connectivity index (χ4v) is 3.11. The molecule has 0 heterocycles. The van der Waals surface area contributed by atoms with Crippen molar-refractivity contribution in [2.75, 3.05) is 13.2 Å². The molecule has 33 heavy (non-hydrogen) atoms. The van der Waals surface area contributed by atoms with E-state index >= 15 is 0 Å². The molecule has 0 saturated heterocycles. The molecule has 0 spiro atoms. The Labute approximate surface area is 195 Å². The number of amides is 1. The SMILES string of the molecule is CCOc1ccc(CC(=O)N/N=C\c2ccc(OCc3ccc(C)cc3)c(OCC)c2)cc1. The number of carbonyl (C=O) groups is 1. The fourth-order valence-electron chi connectivity index (χ4n) is 3.11. The average molecular weight is 447 g/mol. The van der Waals surface area contributed by atoms with Crippen LogP contribution in [0, 0.1) is 6.92 Å². The normalized spacial score (nSPS) is 10.8. The summed E-state index contributed by atoms with van der Waals surface area (Å²) in [7, 11) is 0. The van der Waals surface area contributed by atoms with Gasteiger partial charge in [0.2, 0.25) is 5.91 Å². The van der Waals surface area contributed by atoms with Crippen LogP contribution in [0.25, 0.3) is 0 Å². The minimum atomic E-state index is -0.196. The average Bonchev–Trinajstić information content (AvgIpc) is 2.81. The first-order valence-corrected chi connectivity index (χ1v) is 11.1. The van der Waals surface area contributed by atoms with Gasteiger partial charge in [0, 0.05) is 0 Å². The smallest absolute Gasteiger partial charge is 0.244 e. The highest BCUT2D eigenvalue weighted by molar-refractivity contribution is 5.84. The van der Waals surface area contributed by atoms with Crippen molar-refractivity contribution in [3.05, 3.63) is 89.0 Å². The monoisotopic (exact) mass is 446 g/mol. The lowest BCUT2D eigenvalue weighted by Crippen LogP contribution is -2.19. The molecule has 0 fully saturated rings. The standard InChI is InChI=1S/C27H30N2O4/c1-4-31-24-13-10-21(11-14-24)17-27(30)29-28-18-23-12-15-25(26(16-23)32-5-2)33-19-22-8-6-20(3)7-9-22/h6-16,18H,4-5,17,19H2,1-3H3,(H,29,30)/b28-18-. The molecule has 3 aromatic carbocycles. The zero-order valence-corrected chi connectivity index (χ0v) is 19.3. The maximum atomic E-state index is 12.2. The van der Waals surface area contributed by atoms with Crippen LogP contribution in [0.5, 0.6) is 17.2 Å². The minimum Gasteiger partial charge on any atom is -0.494 e. The molecule has 0 bridgehead atoms. The van der Waals surface area contributed by atoms with Crippen molar-refractivity contribution in [1.29, 1.82) is 0 Å². The van der Waals surface area contributed by atoms with Gasteiger partial charge in [-0.3, -0.25) is 4.79 Å². The van der Waals surface area contributed by atoms with E-state index in [0.29, 0.717) is 31.3 Å². The zero-order chi connectivity index (χ0) is 23.5. The number of carbonyl (C=O) groups excluding carboxylic acids is 1. The minimum absolute atomic E-state index is 0.196. The molecular formula is C27H30N2O4. The van der Waals surface area contributed by atoms with Crippen LogP contribution in [-0.4, -0.2) is 25.3 Å². The number of hydrogen-bond donors (Lipinski definition) is 1. The van der Waals surface area contributed by atoms with E-state index in [0.717, 1.165) is 22.4 Å². The highest BCUT2D eigenvalue weighted by atomic mass is 16.5. The quantitative estimate of drug-likeness (QED) is 0.330. The third kappa shape index (κ3) is 7.68. The number of rotatable bonds is 11. The summed E-state index contributed by atoms with van der Waals surface area (Å²) in [5, 5.41) is 4.07. The van der Waals surface area contributed by atoms with Gasteiger partial charge in [-0.2, -0.15) is 5.10 Å². The van der Waals surface area contributed by atoms with Gasteiger partial charge >= 0.3 is 0 Å². The molecule has 0 aliphatic heterocycles. The summed E-state index contributed by atoms with van der Waals surface area (Å²) in [6.07, 6.45) is 1.82. The predicted octanol–water partition coefficient (Wildman–Crippen LogP) is 5.06. The van der Waals surface area contributed by atoms with Crippen LogP contribution in [0.4, 0.5) is 0 Å². The van der Waals surface area contributed by atoms with Crippen molar-refractivity contribution >= 4 is 12.1 Å². The van der Waals surface area contributed by atoms with Gasteiger partial charge in [-0.25, -0.2) is 5.43 Å². The Bertz CT molecular complexity index is 1060. The second kappa shape index (κ2) is 12.3. The lowest BCUT2D eigenvalue weighted by Gasteiger charge is -2.12. The van der Waals surface area contributed by atoms with Gasteiger partial charge in [0.1, 0.15) is 12.4 Å². The molecule has 1 N–H and O–H groups in total. The Morgan fingerprint density at radius 2 is 1.55 bits per heavy atom. The van der Waals surface area contributed by atoms with Gasteiger partial charge in [-0.1, -0.05) is 42.0 Å². The molecule has 6 nitrogen and oxygen atoms in total. The van der Waals surface area contributed by atoms with Crippen LogP contribution in [0.3, 0.4) is 0 Å². The highest BCUT2D eigenvalue weighted by Gasteiger charge is 2.07. The Kier molecular flexibility index (Phi) is 8.88. The third-order valence-electron chi connectivity index (χ3n) is 4.78. The van der Waals surface area contributed by atoms with Crippen LogP contribution >= 0.6 is 0 Å². The van der Waals surface area contributed by atoms with Crippen molar-refractivity contribution in [2.45, 2.75) is 33.8 Å². The molecule has 172 valence electrons. The molecule has 0 atom stereocenters. The van der Waals surface area contributed by atoms with E-state index in [-0.39, 0.29) is 12.3 Å². The summed E-state index contributed by atoms with van der Waals surface area (Å²) in [5.41, 5.74) is 6.55. The Balaban J connectivity index is 1.56. The first-order valence-electron chi connectivity index (χ1n) is 11.1. The van der Waals surface area contributed by atoms with Crippen LogP contribution in [-0.2, 0) is 17.8 Å². The van der Waals surface area contributed by atoms with Crippen LogP contribution < -0.4 is 19.6 Å². The van der Waals surface area contributed by atoms with Gasteiger partial charge in [0.25, 0.3) is 0 Å². The molecule has 0 aliphatic carbocycles. The largest absolute Gasteiger partial charge is 0.494 e. The third-order valence-corrected chi connectivity index (χ3v) is 4.78. The van der Waals surface area contributed by atoms with Crippen molar-refractivity contribution in [3.63, 3.8) is 0 Å². The molecular weight excluding hydrogens is 416 g/mol. The second-order valence-corrected chi connectivity index (χ2v) is 7.46. The highest BCUT2D eigenvalue weighted by Crippen LogP contribution is 2.29. The molecule has 0 aromatic heterocycles. The van der Waals surface area contributed by atoms with Crippen molar-refractivity contribution < 1.29 is 19.0 Å². The summed E-state index contributed by atoms with van der Waals surface area (Å²) < 4.78 is 17.1. The second-order valence-electron chi connectivity index (χ2n) is 7.46. The van der Waals surface area contributed by atoms with E-state index < -0.39 is 0 Å². The summed E-state index contributed by atoms with van der Waals surface area (Å²) in [6, 6.07) is 21.2. The van der Waals surface area contributed by atoms with Gasteiger partial charge < -0.3 is 14.2 Å². The number of aryl methyl sites for hydroxylation is 1. The number of ether oxygens (including phenoxy) is 3.